The molecule has 1 aliphatic rings. The molecule has 0 spiro atoms. The van der Waals surface area contributed by atoms with Crippen molar-refractivity contribution in [3.63, 3.8) is 0 Å². The summed E-state index contributed by atoms with van der Waals surface area (Å²) >= 11 is 0.937. The molecule has 0 aliphatic carbocycles. The Balaban J connectivity index is 1.99. The van der Waals surface area contributed by atoms with Crippen molar-refractivity contribution in [2.75, 3.05) is 13.2 Å². The van der Waals surface area contributed by atoms with Crippen molar-refractivity contribution < 1.29 is 17.9 Å². The van der Waals surface area contributed by atoms with E-state index in [-0.39, 0.29) is 11.4 Å². The number of hydrogen-bond acceptors (Lipinski definition) is 8. The van der Waals surface area contributed by atoms with E-state index < -0.39 is 28.6 Å². The van der Waals surface area contributed by atoms with Crippen LogP contribution in [0.25, 0.3) is 11.0 Å². The van der Waals surface area contributed by atoms with Crippen LogP contribution in [0.1, 0.15) is 19.3 Å². The predicted molar refractivity (Wildman–Crippen MR) is 85.5 cm³/mol. The number of carbonyl (C=O) groups is 1. The minimum Gasteiger partial charge on any atom is -0.449 e. The maximum Gasteiger partial charge on any atom is 0.325 e. The zero-order chi connectivity index (χ0) is 17.2. The van der Waals surface area contributed by atoms with E-state index in [2.05, 4.69) is 8.75 Å². The molecule has 2 heterocycles. The van der Waals surface area contributed by atoms with Gasteiger partial charge in [-0.05, 0) is 31.4 Å². The first-order valence-electron chi connectivity index (χ1n) is 7.32. The molecule has 1 fully saturated rings. The summed E-state index contributed by atoms with van der Waals surface area (Å²) in [6.45, 7) is -0.169. The fourth-order valence-corrected chi connectivity index (χ4v) is 5.14. The molecule has 0 amide bonds. The molecule has 0 saturated carbocycles. The van der Waals surface area contributed by atoms with E-state index in [1.54, 1.807) is 18.2 Å². The van der Waals surface area contributed by atoms with Gasteiger partial charge in [-0.1, -0.05) is 6.07 Å². The molecule has 1 saturated heterocycles. The van der Waals surface area contributed by atoms with Crippen LogP contribution in [0.3, 0.4) is 0 Å². The van der Waals surface area contributed by atoms with E-state index in [1.165, 1.54) is 6.07 Å². The van der Waals surface area contributed by atoms with Crippen LogP contribution < -0.4 is 0 Å². The van der Waals surface area contributed by atoms with Gasteiger partial charge < -0.3 is 4.74 Å². The number of carbonyl (C=O) groups excluding carboxylic acids is 1. The van der Waals surface area contributed by atoms with Crippen molar-refractivity contribution in [1.29, 1.82) is 5.26 Å². The number of benzene rings is 1. The molecule has 1 aliphatic heterocycles. The number of nitrogens with zero attached hydrogens (tertiary/aromatic N) is 4. The number of sulfonamides is 1. The molecule has 1 aromatic carbocycles. The molecule has 0 radical (unpaired) electrons. The van der Waals surface area contributed by atoms with Gasteiger partial charge in [0.1, 0.15) is 28.0 Å². The highest BCUT2D eigenvalue weighted by Crippen LogP contribution is 2.29. The Bertz CT molecular complexity index is 903. The van der Waals surface area contributed by atoms with E-state index in [0.717, 1.165) is 22.5 Å². The fourth-order valence-electron chi connectivity index (χ4n) is 2.74. The van der Waals surface area contributed by atoms with E-state index in [0.29, 0.717) is 23.9 Å². The second kappa shape index (κ2) is 6.80. The average Bonchev–Trinajstić information content (AvgIpc) is 3.08. The third kappa shape index (κ3) is 2.98. The lowest BCUT2D eigenvalue weighted by atomic mass is 10.1. The number of piperidine rings is 1. The molecule has 0 unspecified atom stereocenters. The second-order valence-corrected chi connectivity index (χ2v) is 7.67. The number of fused-ring (bicyclic) bond motifs is 1. The topological polar surface area (TPSA) is 113 Å². The van der Waals surface area contributed by atoms with E-state index in [9.17, 15) is 13.2 Å². The summed E-state index contributed by atoms with van der Waals surface area (Å²) in [7, 11) is -3.92. The maximum atomic E-state index is 13.1. The highest BCUT2D eigenvalue weighted by atomic mass is 32.2. The van der Waals surface area contributed by atoms with Crippen LogP contribution in [0.15, 0.2) is 23.1 Å². The van der Waals surface area contributed by atoms with Gasteiger partial charge in [0.25, 0.3) is 0 Å². The fraction of sp³-hybridized carbons (Fsp3) is 0.429. The third-order valence-electron chi connectivity index (χ3n) is 3.84. The lowest BCUT2D eigenvalue weighted by molar-refractivity contribution is -0.147. The highest BCUT2D eigenvalue weighted by molar-refractivity contribution is 7.89. The molecule has 24 heavy (non-hydrogen) atoms. The Hall–Kier alpha value is -2.09. The molecule has 1 aromatic heterocycles. The molecular weight excluding hydrogens is 352 g/mol. The van der Waals surface area contributed by atoms with Crippen molar-refractivity contribution in [3.05, 3.63) is 18.2 Å². The van der Waals surface area contributed by atoms with Gasteiger partial charge in [-0.2, -0.15) is 18.3 Å². The van der Waals surface area contributed by atoms with Crippen LogP contribution in [0, 0.1) is 11.3 Å². The van der Waals surface area contributed by atoms with Gasteiger partial charge in [0.2, 0.25) is 10.0 Å². The monoisotopic (exact) mass is 366 g/mol. The zero-order valence-corrected chi connectivity index (χ0v) is 14.2. The number of esters is 1. The van der Waals surface area contributed by atoms with Crippen LogP contribution in [0.4, 0.5) is 0 Å². The Labute approximate surface area is 143 Å². The number of nitriles is 1. The molecule has 2 aromatic rings. The summed E-state index contributed by atoms with van der Waals surface area (Å²) in [6, 6.07) is 5.55. The highest BCUT2D eigenvalue weighted by Gasteiger charge is 2.39. The first-order valence-corrected chi connectivity index (χ1v) is 9.49. The van der Waals surface area contributed by atoms with Crippen LogP contribution in [-0.4, -0.2) is 46.6 Å². The van der Waals surface area contributed by atoms with Gasteiger partial charge in [0, 0.05) is 6.54 Å². The van der Waals surface area contributed by atoms with E-state index >= 15 is 0 Å². The Morgan fingerprint density at radius 1 is 1.42 bits per heavy atom. The Morgan fingerprint density at radius 3 is 3.04 bits per heavy atom. The van der Waals surface area contributed by atoms with Crippen LogP contribution in [-0.2, 0) is 19.6 Å². The molecule has 8 nitrogen and oxygen atoms in total. The lowest BCUT2D eigenvalue weighted by Crippen LogP contribution is -2.48. The lowest BCUT2D eigenvalue weighted by Gasteiger charge is -2.32. The maximum absolute atomic E-state index is 13.1. The van der Waals surface area contributed by atoms with Crippen LogP contribution in [0.5, 0.6) is 0 Å². The van der Waals surface area contributed by atoms with Crippen molar-refractivity contribution in [1.82, 2.24) is 13.1 Å². The van der Waals surface area contributed by atoms with Crippen LogP contribution in [0.2, 0.25) is 0 Å². The number of ether oxygens (including phenoxy) is 1. The quantitative estimate of drug-likeness (QED) is 0.749. The molecule has 1 atom stereocenters. The SMILES string of the molecule is N#CCOC(=O)[C@H]1CCCCN1S(=O)(=O)c1cccc2nsnc12. The molecular formula is C14H14N4O4S2. The predicted octanol–water partition coefficient (Wildman–Crippen LogP) is 1.30. The first kappa shape index (κ1) is 16.8. The summed E-state index contributed by atoms with van der Waals surface area (Å²) < 4.78 is 40.3. The van der Waals surface area contributed by atoms with Crippen molar-refractivity contribution >= 4 is 38.8 Å². The minimum atomic E-state index is -3.92. The number of aromatic nitrogens is 2. The second-order valence-electron chi connectivity index (χ2n) is 5.28. The van der Waals surface area contributed by atoms with Crippen LogP contribution >= 0.6 is 11.7 Å². The standard InChI is InChI=1S/C14H14N4O4S2/c15-7-9-22-14(19)11-5-1-2-8-18(11)24(20,21)12-6-3-4-10-13(12)17-23-16-10/h3-4,6,11H,1-2,5,8-9H2/t11-/m1/s1. The Morgan fingerprint density at radius 2 is 2.25 bits per heavy atom. The minimum absolute atomic E-state index is 0.0359. The molecule has 126 valence electrons. The van der Waals surface area contributed by atoms with Gasteiger partial charge in [-0.15, -0.1) is 0 Å². The molecule has 0 N–H and O–H groups in total. The summed E-state index contributed by atoms with van der Waals surface area (Å²) in [6.07, 6.45) is 1.75. The first-order chi connectivity index (χ1) is 11.6. The summed E-state index contributed by atoms with van der Waals surface area (Å²) in [5.41, 5.74) is 0.805. The summed E-state index contributed by atoms with van der Waals surface area (Å²) in [5, 5.41) is 8.54. The third-order valence-corrected chi connectivity index (χ3v) is 6.32. The summed E-state index contributed by atoms with van der Waals surface area (Å²) in [5.74, 6) is -0.691. The number of hydrogen-bond donors (Lipinski definition) is 0. The summed E-state index contributed by atoms with van der Waals surface area (Å²) in [4.78, 5) is 12.2. The van der Waals surface area contributed by atoms with Gasteiger partial charge >= 0.3 is 5.97 Å². The largest absolute Gasteiger partial charge is 0.449 e. The molecule has 0 bridgehead atoms. The van der Waals surface area contributed by atoms with Crippen molar-refractivity contribution in [3.8, 4) is 6.07 Å². The zero-order valence-electron chi connectivity index (χ0n) is 12.6. The molecule has 3 rings (SSSR count). The van der Waals surface area contributed by atoms with Crippen molar-refractivity contribution in [2.45, 2.75) is 30.2 Å². The van der Waals surface area contributed by atoms with Gasteiger partial charge in [-0.3, -0.25) is 4.79 Å². The van der Waals surface area contributed by atoms with E-state index in [1.807, 2.05) is 0 Å². The Kier molecular flexibility index (Phi) is 4.75. The normalized spacial score (nSPS) is 19.0. The number of rotatable bonds is 4. The van der Waals surface area contributed by atoms with Crippen molar-refractivity contribution in [2.24, 2.45) is 0 Å². The average molecular weight is 366 g/mol. The van der Waals surface area contributed by atoms with Gasteiger partial charge in [0.05, 0.1) is 11.7 Å². The molecule has 10 heteroatoms. The smallest absolute Gasteiger partial charge is 0.325 e. The van der Waals surface area contributed by atoms with Gasteiger partial charge in [-0.25, -0.2) is 8.42 Å². The van der Waals surface area contributed by atoms with E-state index in [4.69, 9.17) is 10.00 Å². The van der Waals surface area contributed by atoms with Gasteiger partial charge in [0.15, 0.2) is 6.61 Å².